The number of amides is 1. The lowest BCUT2D eigenvalue weighted by molar-refractivity contribution is -0.134. The van der Waals surface area contributed by atoms with Gasteiger partial charge < -0.3 is 14.4 Å². The van der Waals surface area contributed by atoms with Crippen LogP contribution in [0.1, 0.15) is 19.3 Å². The summed E-state index contributed by atoms with van der Waals surface area (Å²) in [7, 11) is 1.61. The third-order valence-corrected chi connectivity index (χ3v) is 3.11. The molecule has 1 aromatic rings. The summed E-state index contributed by atoms with van der Waals surface area (Å²) in [5.41, 5.74) is 0. The van der Waals surface area contributed by atoms with Gasteiger partial charge in [-0.2, -0.15) is 0 Å². The van der Waals surface area contributed by atoms with Gasteiger partial charge in [0.15, 0.2) is 6.61 Å². The van der Waals surface area contributed by atoms with Crippen molar-refractivity contribution in [3.63, 3.8) is 0 Å². The second kappa shape index (κ2) is 6.28. The van der Waals surface area contributed by atoms with Crippen molar-refractivity contribution in [2.24, 2.45) is 0 Å². The molecule has 0 bridgehead atoms. The summed E-state index contributed by atoms with van der Waals surface area (Å²) in [5.74, 6) is 1.47. The smallest absolute Gasteiger partial charge is 0.260 e. The summed E-state index contributed by atoms with van der Waals surface area (Å²) < 4.78 is 10.6. The molecule has 1 amide bonds. The highest BCUT2D eigenvalue weighted by atomic mass is 16.5. The lowest BCUT2D eigenvalue weighted by Gasteiger charge is -2.26. The van der Waals surface area contributed by atoms with Crippen molar-refractivity contribution in [3.8, 4) is 11.5 Å². The Kier molecular flexibility index (Phi) is 4.45. The SMILES string of the molecule is COc1cccc(OCC(=O)N2CCCCC2)c1. The Morgan fingerprint density at radius 3 is 2.67 bits per heavy atom. The molecule has 18 heavy (non-hydrogen) atoms. The van der Waals surface area contributed by atoms with Crippen LogP contribution in [0.25, 0.3) is 0 Å². The summed E-state index contributed by atoms with van der Waals surface area (Å²) >= 11 is 0. The van der Waals surface area contributed by atoms with Crippen LogP contribution < -0.4 is 9.47 Å². The van der Waals surface area contributed by atoms with Crippen molar-refractivity contribution in [2.75, 3.05) is 26.8 Å². The summed E-state index contributed by atoms with van der Waals surface area (Å²) in [6, 6.07) is 7.30. The molecular weight excluding hydrogens is 230 g/mol. The first kappa shape index (κ1) is 12.7. The normalized spacial score (nSPS) is 15.3. The predicted octanol–water partition coefficient (Wildman–Crippen LogP) is 2.09. The minimum absolute atomic E-state index is 0.0671. The third kappa shape index (κ3) is 3.39. The van der Waals surface area contributed by atoms with E-state index in [2.05, 4.69) is 0 Å². The van der Waals surface area contributed by atoms with E-state index in [-0.39, 0.29) is 12.5 Å². The first-order valence-corrected chi connectivity index (χ1v) is 6.34. The van der Waals surface area contributed by atoms with Crippen LogP contribution in [0.2, 0.25) is 0 Å². The Bertz CT molecular complexity index is 400. The molecule has 0 aromatic heterocycles. The first-order chi connectivity index (χ1) is 8.79. The van der Waals surface area contributed by atoms with E-state index >= 15 is 0 Å². The Morgan fingerprint density at radius 1 is 1.22 bits per heavy atom. The molecule has 1 saturated heterocycles. The quantitative estimate of drug-likeness (QED) is 0.820. The second-order valence-electron chi connectivity index (χ2n) is 4.41. The molecule has 1 fully saturated rings. The maximum atomic E-state index is 11.9. The van der Waals surface area contributed by atoms with Gasteiger partial charge in [0.2, 0.25) is 0 Å². The molecule has 1 aromatic carbocycles. The Hall–Kier alpha value is -1.71. The topological polar surface area (TPSA) is 38.8 Å². The molecule has 0 saturated carbocycles. The maximum absolute atomic E-state index is 11.9. The fourth-order valence-corrected chi connectivity index (χ4v) is 2.07. The Labute approximate surface area is 107 Å². The molecule has 1 aliphatic rings. The minimum atomic E-state index is 0.0671. The zero-order valence-corrected chi connectivity index (χ0v) is 10.7. The number of carbonyl (C=O) groups excluding carboxylic acids is 1. The monoisotopic (exact) mass is 249 g/mol. The van der Waals surface area contributed by atoms with Crippen molar-refractivity contribution in [3.05, 3.63) is 24.3 Å². The van der Waals surface area contributed by atoms with Gasteiger partial charge in [-0.05, 0) is 31.4 Å². The van der Waals surface area contributed by atoms with Crippen molar-refractivity contribution < 1.29 is 14.3 Å². The van der Waals surface area contributed by atoms with E-state index in [0.717, 1.165) is 31.7 Å². The fraction of sp³-hybridized carbons (Fsp3) is 0.500. The molecule has 0 N–H and O–H groups in total. The number of methoxy groups -OCH3 is 1. The lowest BCUT2D eigenvalue weighted by Crippen LogP contribution is -2.38. The fourth-order valence-electron chi connectivity index (χ4n) is 2.07. The Balaban J connectivity index is 1.84. The lowest BCUT2D eigenvalue weighted by atomic mass is 10.1. The highest BCUT2D eigenvalue weighted by Gasteiger charge is 2.16. The Morgan fingerprint density at radius 2 is 1.94 bits per heavy atom. The van der Waals surface area contributed by atoms with Crippen LogP contribution in [0.5, 0.6) is 11.5 Å². The number of rotatable bonds is 4. The molecule has 0 atom stereocenters. The third-order valence-electron chi connectivity index (χ3n) is 3.11. The van der Waals surface area contributed by atoms with Crippen molar-refractivity contribution in [1.29, 1.82) is 0 Å². The molecule has 1 heterocycles. The molecule has 0 radical (unpaired) electrons. The van der Waals surface area contributed by atoms with Crippen LogP contribution in [0.3, 0.4) is 0 Å². The molecule has 0 unspecified atom stereocenters. The average molecular weight is 249 g/mol. The van der Waals surface area contributed by atoms with E-state index < -0.39 is 0 Å². The second-order valence-corrected chi connectivity index (χ2v) is 4.41. The number of likely N-dealkylation sites (tertiary alicyclic amines) is 1. The van der Waals surface area contributed by atoms with E-state index in [9.17, 15) is 4.79 Å². The first-order valence-electron chi connectivity index (χ1n) is 6.34. The van der Waals surface area contributed by atoms with Crippen LogP contribution in [0, 0.1) is 0 Å². The predicted molar refractivity (Wildman–Crippen MR) is 68.9 cm³/mol. The highest BCUT2D eigenvalue weighted by Crippen LogP contribution is 2.19. The van der Waals surface area contributed by atoms with Gasteiger partial charge >= 0.3 is 0 Å². The molecule has 4 heteroatoms. The molecule has 1 aliphatic heterocycles. The van der Waals surface area contributed by atoms with Gasteiger partial charge in [-0.25, -0.2) is 0 Å². The van der Waals surface area contributed by atoms with Crippen molar-refractivity contribution in [1.82, 2.24) is 4.90 Å². The van der Waals surface area contributed by atoms with Crippen LogP contribution in [-0.4, -0.2) is 37.6 Å². The number of benzene rings is 1. The van der Waals surface area contributed by atoms with Gasteiger partial charge in [0, 0.05) is 19.2 Å². The summed E-state index contributed by atoms with van der Waals surface area (Å²) in [5, 5.41) is 0. The number of nitrogens with zero attached hydrogens (tertiary/aromatic N) is 1. The van der Waals surface area contributed by atoms with Crippen LogP contribution in [-0.2, 0) is 4.79 Å². The number of piperidine rings is 1. The van der Waals surface area contributed by atoms with Crippen molar-refractivity contribution >= 4 is 5.91 Å². The number of ether oxygens (including phenoxy) is 2. The van der Waals surface area contributed by atoms with E-state index in [4.69, 9.17) is 9.47 Å². The minimum Gasteiger partial charge on any atom is -0.497 e. The van der Waals surface area contributed by atoms with E-state index in [1.54, 1.807) is 13.2 Å². The van der Waals surface area contributed by atoms with E-state index in [1.165, 1.54) is 6.42 Å². The van der Waals surface area contributed by atoms with Gasteiger partial charge in [-0.3, -0.25) is 4.79 Å². The summed E-state index contributed by atoms with van der Waals surface area (Å²) in [4.78, 5) is 13.8. The van der Waals surface area contributed by atoms with Gasteiger partial charge in [-0.15, -0.1) is 0 Å². The number of hydrogen-bond donors (Lipinski definition) is 0. The largest absolute Gasteiger partial charge is 0.497 e. The molecule has 2 rings (SSSR count). The maximum Gasteiger partial charge on any atom is 0.260 e. The van der Waals surface area contributed by atoms with Crippen LogP contribution in [0.15, 0.2) is 24.3 Å². The number of carbonyl (C=O) groups is 1. The van der Waals surface area contributed by atoms with Crippen molar-refractivity contribution in [2.45, 2.75) is 19.3 Å². The molecule has 98 valence electrons. The van der Waals surface area contributed by atoms with E-state index in [1.807, 2.05) is 23.1 Å². The molecular formula is C14H19NO3. The van der Waals surface area contributed by atoms with Gasteiger partial charge in [0.05, 0.1) is 7.11 Å². The zero-order chi connectivity index (χ0) is 12.8. The van der Waals surface area contributed by atoms with Gasteiger partial charge in [0.25, 0.3) is 5.91 Å². The van der Waals surface area contributed by atoms with Crippen LogP contribution >= 0.6 is 0 Å². The molecule has 0 aliphatic carbocycles. The zero-order valence-electron chi connectivity index (χ0n) is 10.7. The summed E-state index contributed by atoms with van der Waals surface area (Å²) in [6.45, 7) is 1.83. The molecule has 0 spiro atoms. The molecule has 4 nitrogen and oxygen atoms in total. The van der Waals surface area contributed by atoms with Gasteiger partial charge in [0.1, 0.15) is 11.5 Å². The standard InChI is InChI=1S/C14H19NO3/c1-17-12-6-5-7-13(10-12)18-11-14(16)15-8-3-2-4-9-15/h5-7,10H,2-4,8-9,11H2,1H3. The van der Waals surface area contributed by atoms with Gasteiger partial charge in [-0.1, -0.05) is 6.07 Å². The number of hydrogen-bond acceptors (Lipinski definition) is 3. The summed E-state index contributed by atoms with van der Waals surface area (Å²) in [6.07, 6.45) is 3.43. The highest BCUT2D eigenvalue weighted by molar-refractivity contribution is 5.77. The van der Waals surface area contributed by atoms with E-state index in [0.29, 0.717) is 5.75 Å². The van der Waals surface area contributed by atoms with Crippen LogP contribution in [0.4, 0.5) is 0 Å². The average Bonchev–Trinajstić information content (AvgIpc) is 2.46.